The first-order valence-corrected chi connectivity index (χ1v) is 7.27. The van der Waals surface area contributed by atoms with Crippen LogP contribution in [-0.2, 0) is 0 Å². The fourth-order valence-electron chi connectivity index (χ4n) is 3.00. The van der Waals surface area contributed by atoms with Crippen molar-refractivity contribution in [3.05, 3.63) is 46.6 Å². The van der Waals surface area contributed by atoms with E-state index in [1.165, 1.54) is 13.2 Å². The van der Waals surface area contributed by atoms with Crippen molar-refractivity contribution < 1.29 is 9.47 Å². The summed E-state index contributed by atoms with van der Waals surface area (Å²) in [6.07, 6.45) is 0. The normalized spacial score (nSPS) is 11.3. The first-order valence-electron chi connectivity index (χ1n) is 7.27. The predicted octanol–water partition coefficient (Wildman–Crippen LogP) is 3.75. The summed E-state index contributed by atoms with van der Waals surface area (Å²) in [6.45, 7) is 4.15. The maximum atomic E-state index is 12.8. The molecule has 0 atom stereocenters. The van der Waals surface area contributed by atoms with E-state index in [0.29, 0.717) is 17.0 Å². The second-order valence-corrected chi connectivity index (χ2v) is 5.53. The van der Waals surface area contributed by atoms with Gasteiger partial charge in [-0.25, -0.2) is 0 Å². The van der Waals surface area contributed by atoms with Gasteiger partial charge in [-0.15, -0.1) is 0 Å². The van der Waals surface area contributed by atoms with Gasteiger partial charge in [-0.05, 0) is 26.0 Å². The molecular formula is C18H19NO3. The number of hydrogen-bond donors (Lipinski definition) is 0. The maximum Gasteiger partial charge on any atom is 0.206 e. The average molecular weight is 297 g/mol. The SMILES string of the molecule is COc1cc(=O)c2c(cc1OC)c1ccccc1n2C(C)C. The van der Waals surface area contributed by atoms with Crippen molar-refractivity contribution in [2.24, 2.45) is 0 Å². The standard InChI is InChI=1S/C18H19NO3/c1-11(2)19-14-8-6-5-7-12(14)13-9-16(21-3)17(22-4)10-15(20)18(13)19/h5-11H,1-4H3. The molecule has 4 heteroatoms. The molecule has 0 bridgehead atoms. The van der Waals surface area contributed by atoms with Crippen molar-refractivity contribution >= 4 is 21.8 Å². The summed E-state index contributed by atoms with van der Waals surface area (Å²) in [4.78, 5) is 12.8. The van der Waals surface area contributed by atoms with E-state index in [4.69, 9.17) is 9.47 Å². The number of aromatic nitrogens is 1. The van der Waals surface area contributed by atoms with Gasteiger partial charge in [0.25, 0.3) is 0 Å². The van der Waals surface area contributed by atoms with Crippen molar-refractivity contribution in [3.8, 4) is 11.5 Å². The number of nitrogens with zero attached hydrogens (tertiary/aromatic N) is 1. The molecule has 0 unspecified atom stereocenters. The molecule has 0 N–H and O–H groups in total. The number of hydrogen-bond acceptors (Lipinski definition) is 3. The molecule has 0 aliphatic heterocycles. The van der Waals surface area contributed by atoms with Crippen LogP contribution in [0.2, 0.25) is 0 Å². The van der Waals surface area contributed by atoms with Crippen molar-refractivity contribution in [1.82, 2.24) is 4.57 Å². The van der Waals surface area contributed by atoms with Crippen LogP contribution in [0.3, 0.4) is 0 Å². The van der Waals surface area contributed by atoms with E-state index < -0.39 is 0 Å². The summed E-state index contributed by atoms with van der Waals surface area (Å²) >= 11 is 0. The van der Waals surface area contributed by atoms with Crippen molar-refractivity contribution in [1.29, 1.82) is 0 Å². The summed E-state index contributed by atoms with van der Waals surface area (Å²) in [5.41, 5.74) is 1.66. The number of methoxy groups -OCH3 is 2. The van der Waals surface area contributed by atoms with E-state index >= 15 is 0 Å². The van der Waals surface area contributed by atoms with E-state index in [2.05, 4.69) is 18.4 Å². The summed E-state index contributed by atoms with van der Waals surface area (Å²) in [7, 11) is 3.12. The topological polar surface area (TPSA) is 40.5 Å². The molecule has 0 spiro atoms. The summed E-state index contributed by atoms with van der Waals surface area (Å²) in [5, 5.41) is 1.93. The summed E-state index contributed by atoms with van der Waals surface area (Å²) in [6, 6.07) is 11.6. The fraction of sp³-hybridized carbons (Fsp3) is 0.278. The lowest BCUT2D eigenvalue weighted by molar-refractivity contribution is 0.356. The molecule has 1 heterocycles. The Balaban J connectivity index is 2.63. The molecule has 0 amide bonds. The molecule has 3 aromatic rings. The van der Waals surface area contributed by atoms with Crippen LogP contribution in [0, 0.1) is 0 Å². The van der Waals surface area contributed by atoms with Gasteiger partial charge in [0.2, 0.25) is 5.43 Å². The highest BCUT2D eigenvalue weighted by Crippen LogP contribution is 2.34. The van der Waals surface area contributed by atoms with Crippen LogP contribution >= 0.6 is 0 Å². The van der Waals surface area contributed by atoms with Crippen molar-refractivity contribution in [2.75, 3.05) is 14.2 Å². The molecule has 4 nitrogen and oxygen atoms in total. The average Bonchev–Trinajstić information content (AvgIpc) is 2.77. The molecule has 0 fully saturated rings. The molecule has 0 radical (unpaired) electrons. The van der Waals surface area contributed by atoms with E-state index in [1.807, 2.05) is 30.3 Å². The van der Waals surface area contributed by atoms with Gasteiger partial charge in [0.1, 0.15) is 0 Å². The Labute approximate surface area is 128 Å². The third-order valence-corrected chi connectivity index (χ3v) is 3.92. The molecule has 1 aromatic heterocycles. The Hall–Kier alpha value is -2.49. The van der Waals surface area contributed by atoms with Gasteiger partial charge < -0.3 is 14.0 Å². The Morgan fingerprint density at radius 1 is 0.955 bits per heavy atom. The lowest BCUT2D eigenvalue weighted by Crippen LogP contribution is -2.07. The Morgan fingerprint density at radius 3 is 2.23 bits per heavy atom. The lowest BCUT2D eigenvalue weighted by Gasteiger charge is -2.10. The number of fused-ring (bicyclic) bond motifs is 3. The van der Waals surface area contributed by atoms with Gasteiger partial charge in [0.15, 0.2) is 11.5 Å². The third kappa shape index (κ3) is 2.03. The number of ether oxygens (including phenoxy) is 2. The Morgan fingerprint density at radius 2 is 1.59 bits per heavy atom. The molecular weight excluding hydrogens is 278 g/mol. The minimum absolute atomic E-state index is 0.0694. The molecule has 2 aromatic carbocycles. The molecule has 0 saturated carbocycles. The van der Waals surface area contributed by atoms with Gasteiger partial charge in [-0.1, -0.05) is 18.2 Å². The van der Waals surface area contributed by atoms with Gasteiger partial charge in [-0.3, -0.25) is 4.79 Å². The minimum atomic E-state index is -0.0694. The van der Waals surface area contributed by atoms with Crippen LogP contribution in [0.4, 0.5) is 0 Å². The van der Waals surface area contributed by atoms with Crippen LogP contribution in [0.1, 0.15) is 19.9 Å². The summed E-state index contributed by atoms with van der Waals surface area (Å²) < 4.78 is 12.8. The fourth-order valence-corrected chi connectivity index (χ4v) is 3.00. The molecule has 0 aliphatic rings. The first kappa shape index (κ1) is 14.4. The smallest absolute Gasteiger partial charge is 0.206 e. The molecule has 3 rings (SSSR count). The van der Waals surface area contributed by atoms with E-state index in [9.17, 15) is 4.79 Å². The van der Waals surface area contributed by atoms with E-state index in [1.54, 1.807) is 7.11 Å². The lowest BCUT2D eigenvalue weighted by atomic mass is 10.2. The van der Waals surface area contributed by atoms with Crippen LogP contribution in [0.5, 0.6) is 11.5 Å². The molecule has 0 aliphatic carbocycles. The second kappa shape index (κ2) is 5.37. The number of benzene rings is 1. The predicted molar refractivity (Wildman–Crippen MR) is 89.2 cm³/mol. The summed E-state index contributed by atoms with van der Waals surface area (Å²) in [5.74, 6) is 1.00. The van der Waals surface area contributed by atoms with E-state index in [-0.39, 0.29) is 11.5 Å². The molecule has 0 saturated heterocycles. The Bertz CT molecular complexity index is 909. The van der Waals surface area contributed by atoms with Crippen LogP contribution < -0.4 is 14.9 Å². The zero-order valence-electron chi connectivity index (χ0n) is 13.2. The van der Waals surface area contributed by atoms with Crippen molar-refractivity contribution in [3.63, 3.8) is 0 Å². The van der Waals surface area contributed by atoms with Crippen molar-refractivity contribution in [2.45, 2.75) is 19.9 Å². The first-order chi connectivity index (χ1) is 10.6. The van der Waals surface area contributed by atoms with Gasteiger partial charge >= 0.3 is 0 Å². The van der Waals surface area contributed by atoms with Gasteiger partial charge in [0, 0.05) is 28.4 Å². The monoisotopic (exact) mass is 297 g/mol. The largest absolute Gasteiger partial charge is 0.493 e. The highest BCUT2D eigenvalue weighted by atomic mass is 16.5. The quantitative estimate of drug-likeness (QED) is 0.739. The van der Waals surface area contributed by atoms with Gasteiger partial charge in [0.05, 0.1) is 19.7 Å². The van der Waals surface area contributed by atoms with Crippen LogP contribution in [-0.4, -0.2) is 18.8 Å². The number of para-hydroxylation sites is 1. The Kier molecular flexibility index (Phi) is 3.53. The molecule has 114 valence electrons. The van der Waals surface area contributed by atoms with Gasteiger partial charge in [-0.2, -0.15) is 0 Å². The maximum absolute atomic E-state index is 12.8. The van der Waals surface area contributed by atoms with Crippen LogP contribution in [0.25, 0.3) is 21.8 Å². The highest BCUT2D eigenvalue weighted by Gasteiger charge is 2.16. The zero-order chi connectivity index (χ0) is 15.9. The second-order valence-electron chi connectivity index (χ2n) is 5.53. The zero-order valence-corrected chi connectivity index (χ0v) is 13.2. The van der Waals surface area contributed by atoms with E-state index in [0.717, 1.165) is 16.3 Å². The highest BCUT2D eigenvalue weighted by molar-refractivity contribution is 6.08. The minimum Gasteiger partial charge on any atom is -0.493 e. The third-order valence-electron chi connectivity index (χ3n) is 3.92. The molecule has 22 heavy (non-hydrogen) atoms. The van der Waals surface area contributed by atoms with Crippen LogP contribution in [0.15, 0.2) is 41.2 Å². The number of rotatable bonds is 3.